The molecule has 0 saturated carbocycles. The zero-order chi connectivity index (χ0) is 9.43. The lowest BCUT2D eigenvalue weighted by atomic mass is 9.79. The molecule has 1 aromatic carbocycles. The minimum atomic E-state index is 0.217. The van der Waals surface area contributed by atoms with Gasteiger partial charge in [0.1, 0.15) is 0 Å². The Labute approximate surface area is 85.1 Å². The molecule has 1 aromatic rings. The van der Waals surface area contributed by atoms with Gasteiger partial charge in [0.25, 0.3) is 0 Å². The van der Waals surface area contributed by atoms with E-state index in [1.54, 1.807) is 0 Å². The van der Waals surface area contributed by atoms with Crippen LogP contribution in [0.1, 0.15) is 30.4 Å². The summed E-state index contributed by atoms with van der Waals surface area (Å²) in [6.07, 6.45) is 6.09. The molecule has 1 fully saturated rings. The third-order valence-electron chi connectivity index (χ3n) is 3.67. The molecule has 0 aromatic heterocycles. The third kappa shape index (κ3) is 1.27. The highest BCUT2D eigenvalue weighted by molar-refractivity contribution is 5.31. The first-order chi connectivity index (χ1) is 6.88. The van der Waals surface area contributed by atoms with Crippen LogP contribution in [0.5, 0.6) is 0 Å². The predicted molar refractivity (Wildman–Crippen MR) is 56.4 cm³/mol. The zero-order valence-corrected chi connectivity index (χ0v) is 8.46. The fourth-order valence-corrected chi connectivity index (χ4v) is 2.86. The van der Waals surface area contributed by atoms with Gasteiger partial charge in [-0.1, -0.05) is 24.3 Å². The lowest BCUT2D eigenvalue weighted by Crippen LogP contribution is -2.34. The second-order valence-corrected chi connectivity index (χ2v) is 4.58. The van der Waals surface area contributed by atoms with Crippen LogP contribution in [0.2, 0.25) is 0 Å². The SMILES string of the molecule is c1ccc2c(c1)CC[C@]1(CCCO1)C2. The number of rotatable bonds is 0. The van der Waals surface area contributed by atoms with Gasteiger partial charge in [0.15, 0.2) is 0 Å². The van der Waals surface area contributed by atoms with Gasteiger partial charge < -0.3 is 4.74 Å². The van der Waals surface area contributed by atoms with Crippen molar-refractivity contribution in [3.63, 3.8) is 0 Å². The fraction of sp³-hybridized carbons (Fsp3) is 0.538. The summed E-state index contributed by atoms with van der Waals surface area (Å²) < 4.78 is 5.94. The zero-order valence-electron chi connectivity index (χ0n) is 8.46. The topological polar surface area (TPSA) is 9.23 Å². The van der Waals surface area contributed by atoms with Gasteiger partial charge in [0.05, 0.1) is 5.60 Å². The summed E-state index contributed by atoms with van der Waals surface area (Å²) in [5.74, 6) is 0. The van der Waals surface area contributed by atoms with Crippen LogP contribution in [-0.4, -0.2) is 12.2 Å². The van der Waals surface area contributed by atoms with Gasteiger partial charge in [-0.3, -0.25) is 0 Å². The monoisotopic (exact) mass is 188 g/mol. The van der Waals surface area contributed by atoms with Crippen LogP contribution in [-0.2, 0) is 17.6 Å². The van der Waals surface area contributed by atoms with Crippen molar-refractivity contribution < 1.29 is 4.74 Å². The first kappa shape index (κ1) is 8.49. The van der Waals surface area contributed by atoms with Crippen LogP contribution in [0.3, 0.4) is 0 Å². The summed E-state index contributed by atoms with van der Waals surface area (Å²) in [6, 6.07) is 8.81. The summed E-state index contributed by atoms with van der Waals surface area (Å²) in [5, 5.41) is 0. The van der Waals surface area contributed by atoms with Crippen molar-refractivity contribution in [2.75, 3.05) is 6.61 Å². The maximum absolute atomic E-state index is 5.94. The maximum Gasteiger partial charge on any atom is 0.0726 e. The van der Waals surface area contributed by atoms with E-state index < -0.39 is 0 Å². The maximum atomic E-state index is 5.94. The van der Waals surface area contributed by atoms with Crippen molar-refractivity contribution in [3.05, 3.63) is 35.4 Å². The van der Waals surface area contributed by atoms with Crippen molar-refractivity contribution in [3.8, 4) is 0 Å². The van der Waals surface area contributed by atoms with Crippen LogP contribution in [0, 0.1) is 0 Å². The van der Waals surface area contributed by atoms with Crippen molar-refractivity contribution in [2.24, 2.45) is 0 Å². The van der Waals surface area contributed by atoms with Gasteiger partial charge in [0, 0.05) is 13.0 Å². The Morgan fingerprint density at radius 3 is 2.71 bits per heavy atom. The largest absolute Gasteiger partial charge is 0.375 e. The Morgan fingerprint density at radius 1 is 1.07 bits per heavy atom. The second kappa shape index (κ2) is 3.09. The molecule has 1 atom stereocenters. The van der Waals surface area contributed by atoms with Crippen LogP contribution in [0.15, 0.2) is 24.3 Å². The minimum Gasteiger partial charge on any atom is -0.375 e. The second-order valence-electron chi connectivity index (χ2n) is 4.58. The van der Waals surface area contributed by atoms with Gasteiger partial charge in [-0.15, -0.1) is 0 Å². The van der Waals surface area contributed by atoms with E-state index in [1.165, 1.54) is 36.8 Å². The molecule has 3 rings (SSSR count). The minimum absolute atomic E-state index is 0.217. The third-order valence-corrected chi connectivity index (χ3v) is 3.67. The van der Waals surface area contributed by atoms with Crippen molar-refractivity contribution in [2.45, 2.75) is 37.7 Å². The highest BCUT2D eigenvalue weighted by atomic mass is 16.5. The molecule has 1 nitrogen and oxygen atoms in total. The number of fused-ring (bicyclic) bond motifs is 1. The lowest BCUT2D eigenvalue weighted by molar-refractivity contribution is -0.00654. The molecule has 0 radical (unpaired) electrons. The number of benzene rings is 1. The van der Waals surface area contributed by atoms with Crippen LogP contribution in [0.25, 0.3) is 0 Å². The van der Waals surface area contributed by atoms with Gasteiger partial charge in [-0.2, -0.15) is 0 Å². The molecule has 74 valence electrons. The van der Waals surface area contributed by atoms with E-state index in [1.807, 2.05) is 0 Å². The van der Waals surface area contributed by atoms with Gasteiger partial charge in [0.2, 0.25) is 0 Å². The van der Waals surface area contributed by atoms with Crippen LogP contribution in [0.4, 0.5) is 0 Å². The summed E-state index contributed by atoms with van der Waals surface area (Å²) in [7, 11) is 0. The van der Waals surface area contributed by atoms with E-state index in [0.29, 0.717) is 0 Å². The highest BCUT2D eigenvalue weighted by Gasteiger charge is 2.37. The number of aryl methyl sites for hydroxylation is 1. The Bertz CT molecular complexity index is 337. The molecule has 0 unspecified atom stereocenters. The fourth-order valence-electron chi connectivity index (χ4n) is 2.86. The Balaban J connectivity index is 1.92. The summed E-state index contributed by atoms with van der Waals surface area (Å²) in [4.78, 5) is 0. The summed E-state index contributed by atoms with van der Waals surface area (Å²) in [5.41, 5.74) is 3.27. The summed E-state index contributed by atoms with van der Waals surface area (Å²) in [6.45, 7) is 0.974. The van der Waals surface area contributed by atoms with E-state index in [0.717, 1.165) is 13.0 Å². The first-order valence-corrected chi connectivity index (χ1v) is 5.59. The van der Waals surface area contributed by atoms with E-state index in [9.17, 15) is 0 Å². The molecule has 1 saturated heterocycles. The molecule has 2 aliphatic rings. The van der Waals surface area contributed by atoms with E-state index >= 15 is 0 Å². The molecule has 1 spiro atoms. The van der Waals surface area contributed by atoms with Gasteiger partial charge in [-0.25, -0.2) is 0 Å². The molecule has 0 bridgehead atoms. The van der Waals surface area contributed by atoms with Crippen LogP contribution >= 0.6 is 0 Å². The molecule has 14 heavy (non-hydrogen) atoms. The molecule has 1 heterocycles. The molecular formula is C13H16O. The van der Waals surface area contributed by atoms with Crippen molar-refractivity contribution in [1.82, 2.24) is 0 Å². The smallest absolute Gasteiger partial charge is 0.0726 e. The number of ether oxygens (including phenoxy) is 1. The lowest BCUT2D eigenvalue weighted by Gasteiger charge is -2.33. The average Bonchev–Trinajstić information content (AvgIpc) is 2.66. The van der Waals surface area contributed by atoms with Crippen molar-refractivity contribution >= 4 is 0 Å². The summed E-state index contributed by atoms with van der Waals surface area (Å²) >= 11 is 0. The quantitative estimate of drug-likeness (QED) is 0.608. The predicted octanol–water partition coefficient (Wildman–Crippen LogP) is 2.72. The first-order valence-electron chi connectivity index (χ1n) is 5.59. The Kier molecular flexibility index (Phi) is 1.88. The van der Waals surface area contributed by atoms with Gasteiger partial charge >= 0.3 is 0 Å². The average molecular weight is 188 g/mol. The Hall–Kier alpha value is -0.820. The van der Waals surface area contributed by atoms with Crippen LogP contribution < -0.4 is 0 Å². The normalized spacial score (nSPS) is 30.6. The molecule has 1 aliphatic carbocycles. The Morgan fingerprint density at radius 2 is 1.93 bits per heavy atom. The van der Waals surface area contributed by atoms with Crippen molar-refractivity contribution in [1.29, 1.82) is 0 Å². The van der Waals surface area contributed by atoms with Gasteiger partial charge in [-0.05, 0) is 36.8 Å². The molecule has 1 heteroatoms. The molecule has 0 N–H and O–H groups in total. The highest BCUT2D eigenvalue weighted by Crippen LogP contribution is 2.38. The standard InChI is InChI=1S/C13H16O/c1-2-5-12-10-13(7-3-9-14-13)8-6-11(12)4-1/h1-2,4-5H,3,6-10H2/t13-/m1/s1. The number of hydrogen-bond donors (Lipinski definition) is 0. The number of hydrogen-bond acceptors (Lipinski definition) is 1. The molecule has 0 amide bonds. The van der Waals surface area contributed by atoms with E-state index in [-0.39, 0.29) is 5.60 Å². The molecule has 1 aliphatic heterocycles. The molecular weight excluding hydrogens is 172 g/mol. The van der Waals surface area contributed by atoms with E-state index in [4.69, 9.17) is 4.74 Å². The van der Waals surface area contributed by atoms with E-state index in [2.05, 4.69) is 24.3 Å².